The van der Waals surface area contributed by atoms with Crippen LogP contribution in [0.2, 0.25) is 0 Å². The van der Waals surface area contributed by atoms with Gasteiger partial charge in [-0.1, -0.05) is 11.6 Å². The molecule has 0 atom stereocenters. The van der Waals surface area contributed by atoms with Crippen molar-refractivity contribution in [2.24, 2.45) is 0 Å². The lowest BCUT2D eigenvalue weighted by Gasteiger charge is -2.08. The Morgan fingerprint density at radius 2 is 1.57 bits per heavy atom. The van der Waals surface area contributed by atoms with Crippen LogP contribution in [0.25, 0.3) is 6.08 Å². The largest absolute Gasteiger partial charge is 0.496 e. The molecule has 0 aromatic heterocycles. The summed E-state index contributed by atoms with van der Waals surface area (Å²) in [4.78, 5) is 12.2. The number of ether oxygens (including phenoxy) is 3. The van der Waals surface area contributed by atoms with Crippen molar-refractivity contribution in [1.82, 2.24) is 0 Å². The Kier molecular flexibility index (Phi) is 7.11. The second-order valence-corrected chi connectivity index (χ2v) is 6.60. The van der Waals surface area contributed by atoms with Gasteiger partial charge in [0, 0.05) is 17.3 Å². The van der Waals surface area contributed by atoms with Gasteiger partial charge in [0.25, 0.3) is 0 Å². The zero-order valence-corrected chi connectivity index (χ0v) is 17.3. The number of nitrogens with one attached hydrogen (secondary N) is 1. The van der Waals surface area contributed by atoms with Crippen molar-refractivity contribution in [2.45, 2.75) is 13.8 Å². The molecule has 5 heteroatoms. The molecule has 0 fully saturated rings. The smallest absolute Gasteiger partial charge is 0.248 e. The number of benzene rings is 3. The summed E-state index contributed by atoms with van der Waals surface area (Å²) in [5, 5.41) is 2.84. The number of carbonyl (C=O) groups is 1. The van der Waals surface area contributed by atoms with Crippen LogP contribution >= 0.6 is 0 Å². The van der Waals surface area contributed by atoms with Crippen molar-refractivity contribution in [2.75, 3.05) is 19.0 Å². The zero-order valence-electron chi connectivity index (χ0n) is 17.3. The predicted molar refractivity (Wildman–Crippen MR) is 120 cm³/mol. The van der Waals surface area contributed by atoms with Crippen LogP contribution in [0.15, 0.2) is 72.8 Å². The maximum absolute atomic E-state index is 12.2. The third-order valence-corrected chi connectivity index (χ3v) is 4.29. The summed E-state index contributed by atoms with van der Waals surface area (Å²) in [5.41, 5.74) is 2.63. The minimum absolute atomic E-state index is 0.223. The molecule has 0 heterocycles. The average Bonchev–Trinajstić information content (AvgIpc) is 2.75. The minimum Gasteiger partial charge on any atom is -0.496 e. The Hall–Kier alpha value is -3.73. The molecular weight excluding hydrogens is 378 g/mol. The van der Waals surface area contributed by atoms with E-state index < -0.39 is 0 Å². The summed E-state index contributed by atoms with van der Waals surface area (Å²) >= 11 is 0. The molecule has 0 aliphatic carbocycles. The molecule has 3 aromatic carbocycles. The van der Waals surface area contributed by atoms with Crippen LogP contribution in [0.4, 0.5) is 5.69 Å². The highest BCUT2D eigenvalue weighted by Gasteiger charge is 2.03. The second-order valence-electron chi connectivity index (χ2n) is 6.60. The fourth-order valence-electron chi connectivity index (χ4n) is 2.85. The van der Waals surface area contributed by atoms with Crippen LogP contribution in [0.5, 0.6) is 23.0 Å². The van der Waals surface area contributed by atoms with Crippen LogP contribution in [-0.4, -0.2) is 19.6 Å². The average molecular weight is 403 g/mol. The van der Waals surface area contributed by atoms with Crippen molar-refractivity contribution in [3.05, 3.63) is 83.9 Å². The molecule has 0 spiro atoms. The highest BCUT2D eigenvalue weighted by Crippen LogP contribution is 2.25. The molecule has 0 aliphatic rings. The first kappa shape index (κ1) is 21.0. The quantitative estimate of drug-likeness (QED) is 0.480. The molecule has 3 rings (SSSR count). The molecule has 1 N–H and O–H groups in total. The fraction of sp³-hybridized carbons (Fsp3) is 0.160. The van der Waals surface area contributed by atoms with Gasteiger partial charge in [0.05, 0.1) is 13.7 Å². The Labute approximate surface area is 176 Å². The molecule has 30 heavy (non-hydrogen) atoms. The molecular formula is C25H25NO4. The molecule has 0 aliphatic heterocycles. The molecule has 0 unspecified atom stereocenters. The predicted octanol–water partition coefficient (Wildman–Crippen LogP) is 5.85. The van der Waals surface area contributed by atoms with E-state index >= 15 is 0 Å². The third-order valence-electron chi connectivity index (χ3n) is 4.29. The van der Waals surface area contributed by atoms with E-state index in [2.05, 4.69) is 5.32 Å². The Bertz CT molecular complexity index is 1010. The number of hydrogen-bond acceptors (Lipinski definition) is 4. The van der Waals surface area contributed by atoms with Crippen molar-refractivity contribution < 1.29 is 19.0 Å². The van der Waals surface area contributed by atoms with Crippen molar-refractivity contribution in [3.8, 4) is 23.0 Å². The first-order valence-corrected chi connectivity index (χ1v) is 9.72. The van der Waals surface area contributed by atoms with Gasteiger partial charge in [-0.05, 0) is 80.6 Å². The topological polar surface area (TPSA) is 56.8 Å². The number of amides is 1. The summed E-state index contributed by atoms with van der Waals surface area (Å²) in [7, 11) is 1.61. The highest BCUT2D eigenvalue weighted by molar-refractivity contribution is 6.02. The van der Waals surface area contributed by atoms with Crippen LogP contribution in [0.1, 0.15) is 18.1 Å². The van der Waals surface area contributed by atoms with Crippen LogP contribution in [-0.2, 0) is 4.79 Å². The summed E-state index contributed by atoms with van der Waals surface area (Å²) in [6.07, 6.45) is 3.23. The summed E-state index contributed by atoms with van der Waals surface area (Å²) in [6.45, 7) is 4.56. The maximum atomic E-state index is 12.2. The van der Waals surface area contributed by atoms with Gasteiger partial charge in [-0.15, -0.1) is 0 Å². The van der Waals surface area contributed by atoms with E-state index in [0.29, 0.717) is 23.8 Å². The molecule has 0 bridgehead atoms. The fourth-order valence-corrected chi connectivity index (χ4v) is 2.85. The van der Waals surface area contributed by atoms with Crippen LogP contribution < -0.4 is 19.5 Å². The SMILES string of the molecule is CCOc1ccc(Oc2ccc(NC(=O)/C=C/c3cc(C)ccc3OC)cc2)cc1. The third kappa shape index (κ3) is 5.88. The van der Waals surface area contributed by atoms with E-state index in [0.717, 1.165) is 22.6 Å². The monoisotopic (exact) mass is 403 g/mol. The van der Waals surface area contributed by atoms with Gasteiger partial charge < -0.3 is 19.5 Å². The van der Waals surface area contributed by atoms with Gasteiger partial charge >= 0.3 is 0 Å². The number of carbonyl (C=O) groups excluding carboxylic acids is 1. The van der Waals surface area contributed by atoms with Crippen LogP contribution in [0.3, 0.4) is 0 Å². The number of aryl methyl sites for hydroxylation is 1. The summed E-state index contributed by atoms with van der Waals surface area (Å²) in [5.74, 6) is 2.70. The van der Waals surface area contributed by atoms with Gasteiger partial charge in [-0.3, -0.25) is 4.79 Å². The number of rotatable bonds is 8. The molecule has 0 radical (unpaired) electrons. The molecule has 0 saturated heterocycles. The summed E-state index contributed by atoms with van der Waals surface area (Å²) < 4.78 is 16.6. The van der Waals surface area contributed by atoms with Crippen LogP contribution in [0, 0.1) is 6.92 Å². The molecule has 0 saturated carbocycles. The minimum atomic E-state index is -0.223. The van der Waals surface area contributed by atoms with E-state index in [9.17, 15) is 4.79 Å². The molecule has 5 nitrogen and oxygen atoms in total. The van der Waals surface area contributed by atoms with Gasteiger partial charge in [0.2, 0.25) is 5.91 Å². The Balaban J connectivity index is 1.58. The molecule has 1 amide bonds. The van der Waals surface area contributed by atoms with E-state index in [1.165, 1.54) is 6.08 Å². The van der Waals surface area contributed by atoms with Crippen molar-refractivity contribution in [3.63, 3.8) is 0 Å². The van der Waals surface area contributed by atoms with Crippen molar-refractivity contribution >= 4 is 17.7 Å². The maximum Gasteiger partial charge on any atom is 0.248 e. The van der Waals surface area contributed by atoms with Crippen molar-refractivity contribution in [1.29, 1.82) is 0 Å². The number of hydrogen-bond donors (Lipinski definition) is 1. The van der Waals surface area contributed by atoms with E-state index in [4.69, 9.17) is 14.2 Å². The van der Waals surface area contributed by atoms with E-state index in [1.54, 1.807) is 37.5 Å². The van der Waals surface area contributed by atoms with Gasteiger partial charge in [-0.2, -0.15) is 0 Å². The lowest BCUT2D eigenvalue weighted by atomic mass is 10.1. The standard InChI is InChI=1S/C25H25NO4/c1-4-29-21-11-13-23(14-12-21)30-22-9-7-20(8-10-22)26-25(27)16-6-19-17-18(2)5-15-24(19)28-3/h5-17H,4H2,1-3H3,(H,26,27)/b16-6+. The lowest BCUT2D eigenvalue weighted by Crippen LogP contribution is -2.07. The van der Waals surface area contributed by atoms with E-state index in [-0.39, 0.29) is 5.91 Å². The Morgan fingerprint density at radius 1 is 0.933 bits per heavy atom. The van der Waals surface area contributed by atoms with Gasteiger partial charge in [0.1, 0.15) is 23.0 Å². The second kappa shape index (κ2) is 10.2. The normalized spacial score (nSPS) is 10.6. The van der Waals surface area contributed by atoms with E-state index in [1.807, 2.05) is 56.3 Å². The Morgan fingerprint density at radius 3 is 2.20 bits per heavy atom. The summed E-state index contributed by atoms with van der Waals surface area (Å²) in [6, 6.07) is 20.4. The molecule has 154 valence electrons. The zero-order chi connectivity index (χ0) is 21.3. The highest BCUT2D eigenvalue weighted by atomic mass is 16.5. The first-order valence-electron chi connectivity index (χ1n) is 9.72. The molecule has 3 aromatic rings. The number of anilines is 1. The van der Waals surface area contributed by atoms with Gasteiger partial charge in [0.15, 0.2) is 0 Å². The lowest BCUT2D eigenvalue weighted by molar-refractivity contribution is -0.111. The van der Waals surface area contributed by atoms with Gasteiger partial charge in [-0.25, -0.2) is 0 Å². The first-order chi connectivity index (χ1) is 14.6. The number of methoxy groups -OCH3 is 1.